The maximum absolute atomic E-state index is 12.4. The fourth-order valence-electron chi connectivity index (χ4n) is 3.29. The number of rotatable bonds is 7. The fourth-order valence-corrected chi connectivity index (χ4v) is 4.07. The van der Waals surface area contributed by atoms with E-state index >= 15 is 0 Å². The summed E-state index contributed by atoms with van der Waals surface area (Å²) >= 11 is 0. The Morgan fingerprint density at radius 1 is 1.08 bits per heavy atom. The Labute approximate surface area is 151 Å². The first-order valence-corrected chi connectivity index (χ1v) is 11.1. The van der Waals surface area contributed by atoms with E-state index in [0.29, 0.717) is 13.0 Å². The van der Waals surface area contributed by atoms with Gasteiger partial charge in [-0.3, -0.25) is 4.79 Å². The van der Waals surface area contributed by atoms with E-state index in [1.165, 1.54) is 29.8 Å². The molecule has 0 atom stereocenters. The second-order valence-electron chi connectivity index (χ2n) is 6.94. The van der Waals surface area contributed by atoms with Crippen molar-refractivity contribution in [2.24, 2.45) is 0 Å². The maximum atomic E-state index is 12.4. The highest BCUT2D eigenvalue weighted by Crippen LogP contribution is 2.17. The normalized spacial score (nSPS) is 17.0. The van der Waals surface area contributed by atoms with Gasteiger partial charge in [-0.05, 0) is 24.8 Å². The van der Waals surface area contributed by atoms with Gasteiger partial charge in [-0.2, -0.15) is 4.31 Å². The summed E-state index contributed by atoms with van der Waals surface area (Å²) in [6.45, 7) is 0.225. The van der Waals surface area contributed by atoms with Crippen LogP contribution in [0.3, 0.4) is 0 Å². The molecule has 0 unspecified atom stereocenters. The standard InChI is InChI=1S/C19H30N2O3S/c1-25(23,24)21(15-14-17-10-6-5-7-11-17)16-19(22)20-18-12-8-3-2-4-9-13-18/h5-7,10-11,18H,2-4,8-9,12-16H2,1H3,(H,20,22). The smallest absolute Gasteiger partial charge is 0.235 e. The molecule has 1 fully saturated rings. The fraction of sp³-hybridized carbons (Fsp3) is 0.632. The molecule has 1 aliphatic rings. The van der Waals surface area contributed by atoms with E-state index in [1.54, 1.807) is 0 Å². The van der Waals surface area contributed by atoms with Gasteiger partial charge >= 0.3 is 0 Å². The van der Waals surface area contributed by atoms with Crippen LogP contribution < -0.4 is 5.32 Å². The Balaban J connectivity index is 1.88. The Bertz CT molecular complexity index is 623. The summed E-state index contributed by atoms with van der Waals surface area (Å²) in [5.74, 6) is -0.191. The predicted octanol–water partition coefficient (Wildman–Crippen LogP) is 2.72. The molecule has 1 N–H and O–H groups in total. The number of hydrogen-bond donors (Lipinski definition) is 1. The zero-order chi connectivity index (χ0) is 18.1. The molecule has 6 heteroatoms. The molecule has 1 amide bonds. The first-order chi connectivity index (χ1) is 11.9. The van der Waals surface area contributed by atoms with Crippen molar-refractivity contribution in [3.8, 4) is 0 Å². The van der Waals surface area contributed by atoms with Crippen molar-refractivity contribution in [2.45, 2.75) is 57.4 Å². The van der Waals surface area contributed by atoms with Crippen molar-refractivity contribution >= 4 is 15.9 Å². The molecule has 0 saturated heterocycles. The highest BCUT2D eigenvalue weighted by Gasteiger charge is 2.22. The van der Waals surface area contributed by atoms with Crippen LogP contribution in [0.4, 0.5) is 0 Å². The van der Waals surface area contributed by atoms with E-state index in [2.05, 4.69) is 5.32 Å². The topological polar surface area (TPSA) is 66.5 Å². The lowest BCUT2D eigenvalue weighted by Crippen LogP contribution is -2.44. The zero-order valence-electron chi connectivity index (χ0n) is 15.1. The van der Waals surface area contributed by atoms with Crippen molar-refractivity contribution in [3.05, 3.63) is 35.9 Å². The maximum Gasteiger partial charge on any atom is 0.235 e. The van der Waals surface area contributed by atoms with Crippen LogP contribution in [0.5, 0.6) is 0 Å². The van der Waals surface area contributed by atoms with Gasteiger partial charge in [0.15, 0.2) is 0 Å². The first-order valence-electron chi connectivity index (χ1n) is 9.23. The number of nitrogens with one attached hydrogen (secondary N) is 1. The van der Waals surface area contributed by atoms with Crippen LogP contribution in [0.25, 0.3) is 0 Å². The minimum absolute atomic E-state index is 0.0951. The van der Waals surface area contributed by atoms with Crippen LogP contribution in [-0.4, -0.2) is 44.0 Å². The summed E-state index contributed by atoms with van der Waals surface area (Å²) in [5.41, 5.74) is 1.07. The third-order valence-corrected chi connectivity index (χ3v) is 6.00. The van der Waals surface area contributed by atoms with Crippen molar-refractivity contribution < 1.29 is 13.2 Å². The van der Waals surface area contributed by atoms with Crippen LogP contribution in [-0.2, 0) is 21.2 Å². The van der Waals surface area contributed by atoms with Gasteiger partial charge < -0.3 is 5.32 Å². The van der Waals surface area contributed by atoms with Gasteiger partial charge in [0, 0.05) is 12.6 Å². The average molecular weight is 367 g/mol. The number of hydrogen-bond acceptors (Lipinski definition) is 3. The minimum Gasteiger partial charge on any atom is -0.352 e. The van der Waals surface area contributed by atoms with E-state index in [1.807, 2.05) is 30.3 Å². The largest absolute Gasteiger partial charge is 0.352 e. The Hall–Kier alpha value is -1.40. The Morgan fingerprint density at radius 2 is 1.68 bits per heavy atom. The van der Waals surface area contributed by atoms with Crippen molar-refractivity contribution in [2.75, 3.05) is 19.3 Å². The molecule has 0 spiro atoms. The summed E-state index contributed by atoms with van der Waals surface area (Å²) in [4.78, 5) is 12.4. The molecule has 0 radical (unpaired) electrons. The second-order valence-corrected chi connectivity index (χ2v) is 8.92. The summed E-state index contributed by atoms with van der Waals surface area (Å²) < 4.78 is 25.3. The van der Waals surface area contributed by atoms with Crippen LogP contribution in [0.2, 0.25) is 0 Å². The lowest BCUT2D eigenvalue weighted by molar-refractivity contribution is -0.122. The number of amides is 1. The van der Waals surface area contributed by atoms with E-state index < -0.39 is 10.0 Å². The highest BCUT2D eigenvalue weighted by atomic mass is 32.2. The third-order valence-electron chi connectivity index (χ3n) is 4.75. The average Bonchev–Trinajstić information content (AvgIpc) is 2.54. The monoisotopic (exact) mass is 366 g/mol. The van der Waals surface area contributed by atoms with Gasteiger partial charge in [-0.25, -0.2) is 8.42 Å². The van der Waals surface area contributed by atoms with Crippen LogP contribution in [0, 0.1) is 0 Å². The molecule has 1 saturated carbocycles. The third kappa shape index (κ3) is 7.57. The van der Waals surface area contributed by atoms with Crippen LogP contribution in [0.1, 0.15) is 50.5 Å². The summed E-state index contributed by atoms with van der Waals surface area (Å²) in [6, 6.07) is 9.91. The van der Waals surface area contributed by atoms with Gasteiger partial charge in [-0.15, -0.1) is 0 Å². The SMILES string of the molecule is CS(=O)(=O)N(CCc1ccccc1)CC(=O)NC1CCCCCCC1. The molecule has 0 heterocycles. The number of sulfonamides is 1. The number of nitrogens with zero attached hydrogens (tertiary/aromatic N) is 1. The lowest BCUT2D eigenvalue weighted by Gasteiger charge is -2.24. The van der Waals surface area contributed by atoms with Crippen molar-refractivity contribution in [1.29, 1.82) is 0 Å². The minimum atomic E-state index is -3.41. The molecule has 25 heavy (non-hydrogen) atoms. The molecule has 5 nitrogen and oxygen atoms in total. The Morgan fingerprint density at radius 3 is 2.28 bits per heavy atom. The Kier molecular flexibility index (Phi) is 7.90. The number of carbonyl (C=O) groups excluding carboxylic acids is 1. The molecule has 0 bridgehead atoms. The predicted molar refractivity (Wildman–Crippen MR) is 101 cm³/mol. The molecule has 1 aromatic rings. The first kappa shape index (κ1) is 19.9. The highest BCUT2D eigenvalue weighted by molar-refractivity contribution is 7.88. The number of benzene rings is 1. The van der Waals surface area contributed by atoms with Gasteiger partial charge in [0.05, 0.1) is 12.8 Å². The van der Waals surface area contributed by atoms with Gasteiger partial charge in [0.25, 0.3) is 0 Å². The molecule has 140 valence electrons. The molecule has 1 aromatic carbocycles. The van der Waals surface area contributed by atoms with Crippen molar-refractivity contribution in [1.82, 2.24) is 9.62 Å². The van der Waals surface area contributed by atoms with Crippen LogP contribution in [0.15, 0.2) is 30.3 Å². The summed E-state index contributed by atoms with van der Waals surface area (Å²) in [5, 5.41) is 3.04. The molecule has 0 aromatic heterocycles. The van der Waals surface area contributed by atoms with E-state index in [4.69, 9.17) is 0 Å². The quantitative estimate of drug-likeness (QED) is 0.807. The van der Waals surface area contributed by atoms with E-state index in [0.717, 1.165) is 31.2 Å². The van der Waals surface area contributed by atoms with Crippen LogP contribution >= 0.6 is 0 Å². The summed E-state index contributed by atoms with van der Waals surface area (Å²) in [7, 11) is -3.41. The molecule has 1 aliphatic carbocycles. The van der Waals surface area contributed by atoms with Crippen molar-refractivity contribution in [3.63, 3.8) is 0 Å². The van der Waals surface area contributed by atoms with Gasteiger partial charge in [-0.1, -0.05) is 62.4 Å². The molecular formula is C19H30N2O3S. The molecule has 2 rings (SSSR count). The van der Waals surface area contributed by atoms with E-state index in [-0.39, 0.29) is 18.5 Å². The van der Waals surface area contributed by atoms with E-state index in [9.17, 15) is 13.2 Å². The molecular weight excluding hydrogens is 336 g/mol. The second kappa shape index (κ2) is 9.92. The lowest BCUT2D eigenvalue weighted by atomic mass is 9.97. The zero-order valence-corrected chi connectivity index (χ0v) is 15.9. The van der Waals surface area contributed by atoms with Gasteiger partial charge in [0.2, 0.25) is 15.9 Å². The number of carbonyl (C=O) groups is 1. The molecule has 0 aliphatic heterocycles. The summed E-state index contributed by atoms with van der Waals surface area (Å²) in [6.07, 6.45) is 9.75. The van der Waals surface area contributed by atoms with Gasteiger partial charge in [0.1, 0.15) is 0 Å².